The van der Waals surface area contributed by atoms with Crippen LogP contribution in [0, 0.1) is 0 Å². The Morgan fingerprint density at radius 2 is 1.58 bits per heavy atom. The Labute approximate surface area is 116 Å². The second-order valence-electron chi connectivity index (χ2n) is 5.05. The Balaban J connectivity index is 2.08. The lowest BCUT2D eigenvalue weighted by Gasteiger charge is -2.14. The molecule has 0 heterocycles. The SMILES string of the molecule is C=C(C)CNC(C)c1ccc(-c2ccccc2)cc1. The number of hydrogen-bond donors (Lipinski definition) is 1. The quantitative estimate of drug-likeness (QED) is 0.767. The average molecular weight is 251 g/mol. The normalized spacial score (nSPS) is 12.1. The number of benzene rings is 2. The zero-order chi connectivity index (χ0) is 13.7. The predicted octanol–water partition coefficient (Wildman–Crippen LogP) is 4.58. The van der Waals surface area contributed by atoms with Crippen molar-refractivity contribution in [2.75, 3.05) is 6.54 Å². The maximum atomic E-state index is 3.91. The molecule has 0 saturated heterocycles. The molecule has 1 unspecified atom stereocenters. The maximum Gasteiger partial charge on any atom is 0.0294 e. The van der Waals surface area contributed by atoms with Gasteiger partial charge in [-0.3, -0.25) is 0 Å². The second kappa shape index (κ2) is 6.35. The van der Waals surface area contributed by atoms with Gasteiger partial charge in [-0.2, -0.15) is 0 Å². The zero-order valence-electron chi connectivity index (χ0n) is 11.7. The maximum absolute atomic E-state index is 3.91. The molecular formula is C18H21N. The Morgan fingerprint density at radius 3 is 2.16 bits per heavy atom. The van der Waals surface area contributed by atoms with Crippen molar-refractivity contribution in [1.29, 1.82) is 0 Å². The molecule has 2 aromatic carbocycles. The Kier molecular flexibility index (Phi) is 4.53. The van der Waals surface area contributed by atoms with Crippen LogP contribution in [0.2, 0.25) is 0 Å². The molecule has 2 rings (SSSR count). The van der Waals surface area contributed by atoms with Crippen LogP contribution in [0.15, 0.2) is 66.7 Å². The Hall–Kier alpha value is -1.86. The van der Waals surface area contributed by atoms with Crippen LogP contribution in [0.5, 0.6) is 0 Å². The summed E-state index contributed by atoms with van der Waals surface area (Å²) < 4.78 is 0. The van der Waals surface area contributed by atoms with E-state index in [1.807, 2.05) is 13.0 Å². The number of rotatable bonds is 5. The van der Waals surface area contributed by atoms with E-state index in [1.54, 1.807) is 0 Å². The molecule has 0 aliphatic heterocycles. The predicted molar refractivity (Wildman–Crippen MR) is 83.1 cm³/mol. The molecule has 0 aliphatic rings. The summed E-state index contributed by atoms with van der Waals surface area (Å²) in [5.74, 6) is 0. The summed E-state index contributed by atoms with van der Waals surface area (Å²) in [6.07, 6.45) is 0. The first-order valence-corrected chi connectivity index (χ1v) is 6.70. The number of nitrogens with one attached hydrogen (secondary N) is 1. The summed E-state index contributed by atoms with van der Waals surface area (Å²) in [6, 6.07) is 19.6. The van der Waals surface area contributed by atoms with Crippen LogP contribution in [0.25, 0.3) is 11.1 Å². The first-order chi connectivity index (χ1) is 9.16. The van der Waals surface area contributed by atoms with Crippen molar-refractivity contribution in [1.82, 2.24) is 5.32 Å². The van der Waals surface area contributed by atoms with Crippen LogP contribution in [-0.4, -0.2) is 6.54 Å². The van der Waals surface area contributed by atoms with Crippen LogP contribution in [-0.2, 0) is 0 Å². The Morgan fingerprint density at radius 1 is 1.00 bits per heavy atom. The third-order valence-corrected chi connectivity index (χ3v) is 3.23. The van der Waals surface area contributed by atoms with Gasteiger partial charge in [0.15, 0.2) is 0 Å². The molecule has 98 valence electrons. The van der Waals surface area contributed by atoms with E-state index in [0.717, 1.165) is 12.1 Å². The van der Waals surface area contributed by atoms with Crippen molar-refractivity contribution < 1.29 is 0 Å². The summed E-state index contributed by atoms with van der Waals surface area (Å²) in [5.41, 5.74) is 4.99. The fourth-order valence-electron chi connectivity index (χ4n) is 2.04. The van der Waals surface area contributed by atoms with Gasteiger partial charge < -0.3 is 5.32 Å². The summed E-state index contributed by atoms with van der Waals surface area (Å²) in [7, 11) is 0. The lowest BCUT2D eigenvalue weighted by atomic mass is 10.0. The van der Waals surface area contributed by atoms with E-state index >= 15 is 0 Å². The molecule has 19 heavy (non-hydrogen) atoms. The molecule has 1 N–H and O–H groups in total. The molecule has 0 fully saturated rings. The highest BCUT2D eigenvalue weighted by Crippen LogP contribution is 2.21. The lowest BCUT2D eigenvalue weighted by molar-refractivity contribution is 0.607. The smallest absolute Gasteiger partial charge is 0.0294 e. The van der Waals surface area contributed by atoms with E-state index in [4.69, 9.17) is 0 Å². The third-order valence-electron chi connectivity index (χ3n) is 3.23. The molecule has 0 spiro atoms. The molecule has 0 saturated carbocycles. The van der Waals surface area contributed by atoms with Gasteiger partial charge >= 0.3 is 0 Å². The second-order valence-corrected chi connectivity index (χ2v) is 5.05. The summed E-state index contributed by atoms with van der Waals surface area (Å²) in [6.45, 7) is 9.00. The van der Waals surface area contributed by atoms with Crippen molar-refractivity contribution in [3.63, 3.8) is 0 Å². The topological polar surface area (TPSA) is 12.0 Å². The summed E-state index contributed by atoms with van der Waals surface area (Å²) in [4.78, 5) is 0. The van der Waals surface area contributed by atoms with E-state index in [1.165, 1.54) is 16.7 Å². The highest BCUT2D eigenvalue weighted by Gasteiger charge is 2.04. The minimum atomic E-state index is 0.349. The van der Waals surface area contributed by atoms with E-state index in [-0.39, 0.29) is 0 Å². The Bertz CT molecular complexity index is 525. The first-order valence-electron chi connectivity index (χ1n) is 6.70. The van der Waals surface area contributed by atoms with Crippen LogP contribution in [0.1, 0.15) is 25.5 Å². The minimum Gasteiger partial charge on any atom is -0.306 e. The van der Waals surface area contributed by atoms with Crippen molar-refractivity contribution in [3.05, 3.63) is 72.3 Å². The van der Waals surface area contributed by atoms with E-state index in [2.05, 4.69) is 67.4 Å². The third kappa shape index (κ3) is 3.80. The highest BCUT2D eigenvalue weighted by molar-refractivity contribution is 5.63. The average Bonchev–Trinajstić information content (AvgIpc) is 2.46. The molecule has 0 amide bonds. The van der Waals surface area contributed by atoms with E-state index < -0.39 is 0 Å². The van der Waals surface area contributed by atoms with Gasteiger partial charge in [0.2, 0.25) is 0 Å². The van der Waals surface area contributed by atoms with Crippen LogP contribution in [0.4, 0.5) is 0 Å². The van der Waals surface area contributed by atoms with Gasteiger partial charge in [0.25, 0.3) is 0 Å². The van der Waals surface area contributed by atoms with Crippen LogP contribution >= 0.6 is 0 Å². The van der Waals surface area contributed by atoms with Gasteiger partial charge in [-0.15, -0.1) is 0 Å². The molecule has 0 radical (unpaired) electrons. The molecule has 0 bridgehead atoms. The first kappa shape index (κ1) is 13.6. The van der Waals surface area contributed by atoms with E-state index in [9.17, 15) is 0 Å². The molecular weight excluding hydrogens is 230 g/mol. The number of hydrogen-bond acceptors (Lipinski definition) is 1. The van der Waals surface area contributed by atoms with Crippen LogP contribution < -0.4 is 5.32 Å². The van der Waals surface area contributed by atoms with Crippen molar-refractivity contribution in [2.24, 2.45) is 0 Å². The van der Waals surface area contributed by atoms with Crippen molar-refractivity contribution in [2.45, 2.75) is 19.9 Å². The molecule has 1 nitrogen and oxygen atoms in total. The molecule has 1 heteroatoms. The molecule has 1 atom stereocenters. The van der Waals surface area contributed by atoms with Gasteiger partial charge in [-0.25, -0.2) is 0 Å². The van der Waals surface area contributed by atoms with Crippen LogP contribution in [0.3, 0.4) is 0 Å². The van der Waals surface area contributed by atoms with Gasteiger partial charge in [0.1, 0.15) is 0 Å². The zero-order valence-corrected chi connectivity index (χ0v) is 11.7. The summed E-state index contributed by atoms with van der Waals surface area (Å²) >= 11 is 0. The van der Waals surface area contributed by atoms with Gasteiger partial charge in [0.05, 0.1) is 0 Å². The van der Waals surface area contributed by atoms with Crippen molar-refractivity contribution >= 4 is 0 Å². The highest BCUT2D eigenvalue weighted by atomic mass is 14.9. The molecule has 2 aromatic rings. The lowest BCUT2D eigenvalue weighted by Crippen LogP contribution is -2.20. The monoisotopic (exact) mass is 251 g/mol. The van der Waals surface area contributed by atoms with Gasteiger partial charge in [-0.1, -0.05) is 66.7 Å². The van der Waals surface area contributed by atoms with E-state index in [0.29, 0.717) is 6.04 Å². The van der Waals surface area contributed by atoms with Crippen molar-refractivity contribution in [3.8, 4) is 11.1 Å². The molecule has 0 aliphatic carbocycles. The summed E-state index contributed by atoms with van der Waals surface area (Å²) in [5, 5.41) is 3.46. The fourth-order valence-corrected chi connectivity index (χ4v) is 2.04. The largest absolute Gasteiger partial charge is 0.306 e. The molecule has 0 aromatic heterocycles. The fraction of sp³-hybridized carbons (Fsp3) is 0.222. The standard InChI is InChI=1S/C18H21N/c1-14(2)13-19-15(3)16-9-11-18(12-10-16)17-7-5-4-6-8-17/h4-12,15,19H,1,13H2,2-3H3. The minimum absolute atomic E-state index is 0.349. The van der Waals surface area contributed by atoms with Gasteiger partial charge in [-0.05, 0) is 30.5 Å². The van der Waals surface area contributed by atoms with Gasteiger partial charge in [0, 0.05) is 12.6 Å².